The number of allylic oxidation sites excluding steroid dienone is 4. The lowest BCUT2D eigenvalue weighted by Crippen LogP contribution is -2.67. The summed E-state index contributed by atoms with van der Waals surface area (Å²) in [5, 5.41) is 9.27. The molecule has 0 radical (unpaired) electrons. The molecule has 2 aromatic carbocycles. The second-order valence-electron chi connectivity index (χ2n) is 9.98. The van der Waals surface area contributed by atoms with Gasteiger partial charge in [-0.25, -0.2) is 23.5 Å². The second-order valence-corrected chi connectivity index (χ2v) is 12.0. The molecule has 6 rings (SSSR count). The van der Waals surface area contributed by atoms with E-state index in [2.05, 4.69) is 0 Å². The molecule has 9 nitrogen and oxygen atoms in total. The molecule has 3 aliphatic rings. The summed E-state index contributed by atoms with van der Waals surface area (Å²) >= 11 is 26.8. The molecule has 0 spiro atoms. The van der Waals surface area contributed by atoms with Gasteiger partial charge in [0.1, 0.15) is 19.8 Å². The lowest BCUT2D eigenvalue weighted by atomic mass is 9.59. The van der Waals surface area contributed by atoms with E-state index in [1.807, 2.05) is 0 Å². The number of rotatable bonds is 4. The Labute approximate surface area is 252 Å². The molecule has 1 fully saturated rings. The summed E-state index contributed by atoms with van der Waals surface area (Å²) < 4.78 is 9.10. The molecule has 3 aromatic rings. The third-order valence-corrected chi connectivity index (χ3v) is 10.2. The van der Waals surface area contributed by atoms with Gasteiger partial charge in [-0.3, -0.25) is 9.59 Å². The normalized spacial score (nSPS) is 27.2. The van der Waals surface area contributed by atoms with Crippen molar-refractivity contribution in [3.05, 3.63) is 96.8 Å². The van der Waals surface area contributed by atoms with Gasteiger partial charge in [-0.05, 0) is 42.3 Å². The van der Waals surface area contributed by atoms with Crippen molar-refractivity contribution >= 4 is 58.0 Å². The van der Waals surface area contributed by atoms with Crippen LogP contribution < -0.4 is 16.1 Å². The number of hydrogen-bond donors (Lipinski definition) is 1. The number of phenolic OH excluding ortho intramolecular Hbond substituents is 1. The summed E-state index contributed by atoms with van der Waals surface area (Å²) in [5.41, 5.74) is -0.0419. The Hall–Kier alpha value is -3.24. The van der Waals surface area contributed by atoms with E-state index < -0.39 is 54.7 Å². The molecule has 41 heavy (non-hydrogen) atoms. The van der Waals surface area contributed by atoms with E-state index in [0.29, 0.717) is 16.8 Å². The zero-order valence-electron chi connectivity index (χ0n) is 21.3. The summed E-state index contributed by atoms with van der Waals surface area (Å²) in [7, 11) is 0. The quantitative estimate of drug-likeness (QED) is 0.336. The molecular weight excluding hydrogens is 616 g/mol. The first-order valence-electron chi connectivity index (χ1n) is 12.7. The van der Waals surface area contributed by atoms with Crippen molar-refractivity contribution in [1.82, 2.24) is 13.9 Å². The minimum Gasteiger partial charge on any atom is -0.504 e. The van der Waals surface area contributed by atoms with Gasteiger partial charge < -0.3 is 9.84 Å². The van der Waals surface area contributed by atoms with Crippen molar-refractivity contribution in [2.24, 2.45) is 0 Å². The summed E-state index contributed by atoms with van der Waals surface area (Å²) in [6, 6.07) is 11.8. The van der Waals surface area contributed by atoms with Gasteiger partial charge in [-0.15, -0.1) is 23.2 Å². The number of aromatic hydroxyl groups is 1. The first-order valence-corrected chi connectivity index (χ1v) is 14.2. The molecule has 2 heterocycles. The van der Waals surface area contributed by atoms with Crippen LogP contribution in [-0.2, 0) is 16.1 Å². The van der Waals surface area contributed by atoms with E-state index in [1.165, 1.54) is 27.6 Å². The molecule has 0 saturated heterocycles. The molecule has 0 amide bonds. The average molecular weight is 637 g/mol. The largest absolute Gasteiger partial charge is 0.504 e. The minimum absolute atomic E-state index is 0.0264. The van der Waals surface area contributed by atoms with Gasteiger partial charge in [0.05, 0.1) is 24.9 Å². The maximum Gasteiger partial charge on any atom is 0.352 e. The van der Waals surface area contributed by atoms with Crippen LogP contribution in [0.25, 0.3) is 5.69 Å². The summed E-state index contributed by atoms with van der Waals surface area (Å²) in [5.74, 6) is -2.90. The van der Waals surface area contributed by atoms with Crippen molar-refractivity contribution in [1.29, 1.82) is 0 Å². The number of carbonyl (C=O) groups is 2. The van der Waals surface area contributed by atoms with Crippen LogP contribution in [0.3, 0.4) is 0 Å². The monoisotopic (exact) mass is 635 g/mol. The fraction of sp³-hybridized carbons (Fsp3) is 0.286. The predicted molar refractivity (Wildman–Crippen MR) is 154 cm³/mol. The van der Waals surface area contributed by atoms with Crippen molar-refractivity contribution < 1.29 is 19.4 Å². The number of phenols is 1. The molecule has 212 valence electrons. The maximum absolute atomic E-state index is 13.9. The van der Waals surface area contributed by atoms with E-state index in [4.69, 9.17) is 51.1 Å². The van der Waals surface area contributed by atoms with Gasteiger partial charge in [-0.2, -0.15) is 0 Å². The topological polar surface area (TPSA) is 113 Å². The highest BCUT2D eigenvalue weighted by atomic mass is 35.5. The number of carbonyl (C=O) groups excluding carboxylic acids is 2. The number of para-hydroxylation sites is 1. The molecular formula is C28H21Cl4N3O6. The predicted octanol–water partition coefficient (Wildman–Crippen LogP) is 4.37. The van der Waals surface area contributed by atoms with Gasteiger partial charge in [0.2, 0.25) is 0 Å². The Morgan fingerprint density at radius 1 is 0.976 bits per heavy atom. The highest BCUT2D eigenvalue weighted by Gasteiger charge is 2.71. The average Bonchev–Trinajstić information content (AvgIpc) is 3.22. The third-order valence-electron chi connectivity index (χ3n) is 7.94. The first kappa shape index (κ1) is 27.9. The number of ketones is 2. The summed E-state index contributed by atoms with van der Waals surface area (Å²) in [6.45, 7) is 1.94. The van der Waals surface area contributed by atoms with E-state index in [9.17, 15) is 24.3 Å². The van der Waals surface area contributed by atoms with E-state index in [0.717, 1.165) is 4.57 Å². The van der Waals surface area contributed by atoms with Crippen LogP contribution in [0.15, 0.2) is 79.8 Å². The molecule has 2 aliphatic carbocycles. The van der Waals surface area contributed by atoms with Crippen LogP contribution in [0.2, 0.25) is 0 Å². The van der Waals surface area contributed by atoms with Crippen LogP contribution in [0.1, 0.15) is 30.9 Å². The van der Waals surface area contributed by atoms with Crippen LogP contribution in [0.4, 0.5) is 0 Å². The standard InChI is InChI=1S/C28H21Cl4N3O6/c1-2-41-19-12-14(8-9-18(19)36)20-16-10-11-33-25(39)34(15-6-4-3-5-7-15)26(40)35(33)17(16)13-27(31)23(37)21(29)22(30)24(38)28(20,27)32/h3-10,12,17,20,36H,2,11,13H2,1H3. The molecule has 1 N–H and O–H groups in total. The second kappa shape index (κ2) is 9.66. The maximum atomic E-state index is 13.9. The SMILES string of the molecule is CCOc1cc(C2C3=CCn4c(=O)n(-c5ccccc5)c(=O)n4C3CC3(Cl)C(=O)C(Cl)=C(Cl)C(=O)C23Cl)ccc1O. The molecule has 1 aliphatic heterocycles. The molecule has 1 saturated carbocycles. The number of benzene rings is 2. The van der Waals surface area contributed by atoms with Crippen molar-refractivity contribution in [2.45, 2.75) is 41.6 Å². The molecule has 4 atom stereocenters. The number of ether oxygens (including phenoxy) is 1. The number of fused-ring (bicyclic) bond motifs is 4. The fourth-order valence-corrected chi connectivity index (χ4v) is 7.65. The van der Waals surface area contributed by atoms with Gasteiger partial charge in [-0.1, -0.05) is 53.5 Å². The van der Waals surface area contributed by atoms with Crippen LogP contribution in [-0.4, -0.2) is 47.0 Å². The van der Waals surface area contributed by atoms with Crippen LogP contribution in [0.5, 0.6) is 11.5 Å². The van der Waals surface area contributed by atoms with E-state index >= 15 is 0 Å². The highest BCUT2D eigenvalue weighted by Crippen LogP contribution is 2.63. The zero-order chi connectivity index (χ0) is 29.4. The van der Waals surface area contributed by atoms with Crippen LogP contribution in [0, 0.1) is 0 Å². The van der Waals surface area contributed by atoms with Gasteiger partial charge in [0.15, 0.2) is 23.1 Å². The zero-order valence-corrected chi connectivity index (χ0v) is 24.3. The number of hydrogen-bond acceptors (Lipinski definition) is 6. The van der Waals surface area contributed by atoms with E-state index in [1.54, 1.807) is 43.3 Å². The Morgan fingerprint density at radius 2 is 1.66 bits per heavy atom. The lowest BCUT2D eigenvalue weighted by Gasteiger charge is -2.54. The molecule has 4 unspecified atom stereocenters. The number of alkyl halides is 2. The minimum atomic E-state index is -2.17. The number of aromatic nitrogens is 3. The smallest absolute Gasteiger partial charge is 0.352 e. The number of halogens is 4. The first-order chi connectivity index (χ1) is 19.5. The number of Topliss-reactive ketones (excluding diaryl/α,β-unsaturated/α-hetero) is 2. The van der Waals surface area contributed by atoms with Crippen molar-refractivity contribution in [3.8, 4) is 17.2 Å². The summed E-state index contributed by atoms with van der Waals surface area (Å²) in [4.78, 5) is 50.6. The molecule has 13 heteroatoms. The van der Waals surface area contributed by atoms with Crippen molar-refractivity contribution in [3.63, 3.8) is 0 Å². The van der Waals surface area contributed by atoms with Gasteiger partial charge in [0.25, 0.3) is 0 Å². The van der Waals surface area contributed by atoms with Gasteiger partial charge >= 0.3 is 11.4 Å². The number of nitrogens with zero attached hydrogens (tertiary/aromatic N) is 3. The van der Waals surface area contributed by atoms with Crippen molar-refractivity contribution in [2.75, 3.05) is 6.61 Å². The Balaban J connectivity index is 1.64. The Bertz CT molecular complexity index is 1820. The van der Waals surface area contributed by atoms with E-state index in [-0.39, 0.29) is 31.1 Å². The van der Waals surface area contributed by atoms with Crippen LogP contribution >= 0.6 is 46.4 Å². The highest BCUT2D eigenvalue weighted by molar-refractivity contribution is 6.66. The fourth-order valence-electron chi connectivity index (χ4n) is 6.12. The Kier molecular flexibility index (Phi) is 6.57. The Morgan fingerprint density at radius 3 is 2.34 bits per heavy atom. The molecule has 0 bridgehead atoms. The summed E-state index contributed by atoms with van der Waals surface area (Å²) in [6.07, 6.45) is 1.37. The third kappa shape index (κ3) is 3.69. The van der Waals surface area contributed by atoms with Gasteiger partial charge in [0, 0.05) is 12.3 Å². The lowest BCUT2D eigenvalue weighted by molar-refractivity contribution is -0.128. The molecule has 1 aromatic heterocycles.